The van der Waals surface area contributed by atoms with E-state index in [4.69, 9.17) is 11.6 Å². The van der Waals surface area contributed by atoms with E-state index >= 15 is 0 Å². The van der Waals surface area contributed by atoms with E-state index in [9.17, 15) is 0 Å². The molecular formula is C16H26ClN. The van der Waals surface area contributed by atoms with Crippen LogP contribution in [-0.4, -0.2) is 13.1 Å². The number of rotatable bonds is 8. The number of hydrogen-bond donors (Lipinski definition) is 1. The molecule has 0 aliphatic heterocycles. The predicted octanol–water partition coefficient (Wildman–Crippen LogP) is 4.86. The summed E-state index contributed by atoms with van der Waals surface area (Å²) in [5.74, 6) is 1.29. The van der Waals surface area contributed by atoms with E-state index in [2.05, 4.69) is 44.3 Å². The lowest BCUT2D eigenvalue weighted by Crippen LogP contribution is -2.25. The Balaban J connectivity index is 2.59. The van der Waals surface area contributed by atoms with Crippen molar-refractivity contribution < 1.29 is 0 Å². The van der Waals surface area contributed by atoms with Gasteiger partial charge in [-0.3, -0.25) is 0 Å². The van der Waals surface area contributed by atoms with Gasteiger partial charge >= 0.3 is 0 Å². The molecule has 0 aliphatic carbocycles. The van der Waals surface area contributed by atoms with E-state index in [1.807, 2.05) is 6.07 Å². The van der Waals surface area contributed by atoms with Gasteiger partial charge in [-0.2, -0.15) is 0 Å². The van der Waals surface area contributed by atoms with Crippen molar-refractivity contribution in [3.05, 3.63) is 34.9 Å². The van der Waals surface area contributed by atoms with Crippen LogP contribution in [0.3, 0.4) is 0 Å². The SMILES string of the molecule is CCCCC(CNCC(C)C)c1cccc(Cl)c1. The average molecular weight is 268 g/mol. The number of unbranched alkanes of at least 4 members (excludes halogenated alkanes) is 1. The summed E-state index contributed by atoms with van der Waals surface area (Å²) < 4.78 is 0. The van der Waals surface area contributed by atoms with Crippen LogP contribution >= 0.6 is 11.6 Å². The van der Waals surface area contributed by atoms with Crippen molar-refractivity contribution in [1.29, 1.82) is 0 Å². The maximum absolute atomic E-state index is 6.09. The van der Waals surface area contributed by atoms with Gasteiger partial charge < -0.3 is 5.32 Å². The van der Waals surface area contributed by atoms with Crippen LogP contribution in [0.2, 0.25) is 5.02 Å². The maximum atomic E-state index is 6.09. The van der Waals surface area contributed by atoms with E-state index in [1.165, 1.54) is 24.8 Å². The molecule has 1 rings (SSSR count). The average Bonchev–Trinajstić information content (AvgIpc) is 2.33. The van der Waals surface area contributed by atoms with E-state index < -0.39 is 0 Å². The van der Waals surface area contributed by atoms with Gasteiger partial charge in [-0.15, -0.1) is 0 Å². The largest absolute Gasteiger partial charge is 0.316 e. The van der Waals surface area contributed by atoms with E-state index in [0.29, 0.717) is 11.8 Å². The zero-order valence-electron chi connectivity index (χ0n) is 11.9. The van der Waals surface area contributed by atoms with Crippen LogP contribution in [0, 0.1) is 5.92 Å². The second kappa shape index (κ2) is 8.55. The Kier molecular flexibility index (Phi) is 7.38. The minimum absolute atomic E-state index is 0.586. The molecule has 1 N–H and O–H groups in total. The molecular weight excluding hydrogens is 242 g/mol. The first-order valence-electron chi connectivity index (χ1n) is 7.09. The molecule has 0 heterocycles. The molecule has 18 heavy (non-hydrogen) atoms. The fourth-order valence-electron chi connectivity index (χ4n) is 2.14. The minimum atomic E-state index is 0.586. The highest BCUT2D eigenvalue weighted by molar-refractivity contribution is 6.30. The lowest BCUT2D eigenvalue weighted by Gasteiger charge is -2.19. The van der Waals surface area contributed by atoms with Gasteiger partial charge in [0.1, 0.15) is 0 Å². The monoisotopic (exact) mass is 267 g/mol. The van der Waals surface area contributed by atoms with Crippen LogP contribution in [0.15, 0.2) is 24.3 Å². The van der Waals surface area contributed by atoms with Gasteiger partial charge in [-0.05, 0) is 42.5 Å². The highest BCUT2D eigenvalue weighted by Crippen LogP contribution is 2.24. The Labute approximate surface area is 117 Å². The van der Waals surface area contributed by atoms with E-state index in [-0.39, 0.29) is 0 Å². The summed E-state index contributed by atoms with van der Waals surface area (Å²) in [5.41, 5.74) is 1.37. The highest BCUT2D eigenvalue weighted by atomic mass is 35.5. The van der Waals surface area contributed by atoms with Crippen molar-refractivity contribution in [2.24, 2.45) is 5.92 Å². The van der Waals surface area contributed by atoms with E-state index in [0.717, 1.165) is 18.1 Å². The summed E-state index contributed by atoms with van der Waals surface area (Å²) in [5, 5.41) is 4.41. The van der Waals surface area contributed by atoms with Gasteiger partial charge in [-0.1, -0.05) is 57.3 Å². The van der Waals surface area contributed by atoms with Crippen LogP contribution < -0.4 is 5.32 Å². The van der Waals surface area contributed by atoms with Crippen LogP contribution in [0.4, 0.5) is 0 Å². The van der Waals surface area contributed by atoms with Crippen LogP contribution in [0.25, 0.3) is 0 Å². The molecule has 0 amide bonds. The zero-order valence-corrected chi connectivity index (χ0v) is 12.6. The Morgan fingerprint density at radius 1 is 1.22 bits per heavy atom. The van der Waals surface area contributed by atoms with Crippen LogP contribution in [0.5, 0.6) is 0 Å². The lowest BCUT2D eigenvalue weighted by atomic mass is 9.93. The van der Waals surface area contributed by atoms with Crippen molar-refractivity contribution >= 4 is 11.6 Å². The Bertz CT molecular complexity index is 336. The minimum Gasteiger partial charge on any atom is -0.316 e. The topological polar surface area (TPSA) is 12.0 Å². The standard InChI is InChI=1S/C16H26ClN/c1-4-5-7-15(12-18-11-13(2)3)14-8-6-9-16(17)10-14/h6,8-10,13,15,18H,4-5,7,11-12H2,1-3H3. The molecule has 1 aromatic rings. The van der Waals surface area contributed by atoms with Gasteiger partial charge in [0.05, 0.1) is 0 Å². The molecule has 1 nitrogen and oxygen atoms in total. The first kappa shape index (κ1) is 15.5. The maximum Gasteiger partial charge on any atom is 0.0408 e. The molecule has 1 aromatic carbocycles. The summed E-state index contributed by atoms with van der Waals surface area (Å²) in [4.78, 5) is 0. The fourth-order valence-corrected chi connectivity index (χ4v) is 2.34. The van der Waals surface area contributed by atoms with Crippen molar-refractivity contribution in [1.82, 2.24) is 5.32 Å². The molecule has 0 radical (unpaired) electrons. The third-order valence-corrected chi connectivity index (χ3v) is 3.40. The number of nitrogens with one attached hydrogen (secondary N) is 1. The molecule has 0 aliphatic rings. The lowest BCUT2D eigenvalue weighted by molar-refractivity contribution is 0.490. The van der Waals surface area contributed by atoms with E-state index in [1.54, 1.807) is 0 Å². The molecule has 0 spiro atoms. The molecule has 0 aromatic heterocycles. The molecule has 0 saturated heterocycles. The second-order valence-corrected chi connectivity index (χ2v) is 5.88. The third-order valence-electron chi connectivity index (χ3n) is 3.17. The summed E-state index contributed by atoms with van der Waals surface area (Å²) in [6.45, 7) is 8.87. The molecule has 0 bridgehead atoms. The van der Waals surface area contributed by atoms with Crippen molar-refractivity contribution in [3.8, 4) is 0 Å². The molecule has 1 atom stereocenters. The fraction of sp³-hybridized carbons (Fsp3) is 0.625. The van der Waals surface area contributed by atoms with Crippen LogP contribution in [0.1, 0.15) is 51.5 Å². The summed E-state index contributed by atoms with van der Waals surface area (Å²) in [6, 6.07) is 8.31. The Morgan fingerprint density at radius 2 is 2.00 bits per heavy atom. The first-order valence-corrected chi connectivity index (χ1v) is 7.47. The van der Waals surface area contributed by atoms with Gasteiger partial charge in [0.15, 0.2) is 0 Å². The molecule has 1 unspecified atom stereocenters. The number of benzene rings is 1. The van der Waals surface area contributed by atoms with Gasteiger partial charge in [0, 0.05) is 11.6 Å². The number of hydrogen-bond acceptors (Lipinski definition) is 1. The zero-order chi connectivity index (χ0) is 13.4. The van der Waals surface area contributed by atoms with Crippen molar-refractivity contribution in [3.63, 3.8) is 0 Å². The summed E-state index contributed by atoms with van der Waals surface area (Å²) >= 11 is 6.09. The normalized spacial score (nSPS) is 12.9. The first-order chi connectivity index (χ1) is 8.63. The quantitative estimate of drug-likeness (QED) is 0.709. The Hall–Kier alpha value is -0.530. The molecule has 102 valence electrons. The summed E-state index contributed by atoms with van der Waals surface area (Å²) in [6.07, 6.45) is 3.77. The smallest absolute Gasteiger partial charge is 0.0408 e. The number of halogens is 1. The van der Waals surface area contributed by atoms with Gasteiger partial charge in [-0.25, -0.2) is 0 Å². The predicted molar refractivity (Wildman–Crippen MR) is 81.4 cm³/mol. The molecule has 2 heteroatoms. The highest BCUT2D eigenvalue weighted by Gasteiger charge is 2.11. The third kappa shape index (κ3) is 5.88. The van der Waals surface area contributed by atoms with Crippen molar-refractivity contribution in [2.45, 2.75) is 46.0 Å². The Morgan fingerprint density at radius 3 is 2.61 bits per heavy atom. The van der Waals surface area contributed by atoms with Crippen molar-refractivity contribution in [2.75, 3.05) is 13.1 Å². The van der Waals surface area contributed by atoms with Crippen LogP contribution in [-0.2, 0) is 0 Å². The van der Waals surface area contributed by atoms with Gasteiger partial charge in [0.25, 0.3) is 0 Å². The molecule has 0 saturated carbocycles. The summed E-state index contributed by atoms with van der Waals surface area (Å²) in [7, 11) is 0. The molecule has 0 fully saturated rings. The second-order valence-electron chi connectivity index (χ2n) is 5.45. The van der Waals surface area contributed by atoms with Gasteiger partial charge in [0.2, 0.25) is 0 Å².